The second kappa shape index (κ2) is 7.86. The monoisotopic (exact) mass is 393 g/mol. The van der Waals surface area contributed by atoms with Crippen molar-refractivity contribution in [2.75, 3.05) is 10.6 Å². The molecule has 142 valence electrons. The predicted molar refractivity (Wildman–Crippen MR) is 111 cm³/mol. The van der Waals surface area contributed by atoms with Crippen LogP contribution in [0.3, 0.4) is 0 Å². The average Bonchev–Trinajstić information content (AvgIpc) is 3.11. The molecule has 1 unspecified atom stereocenters. The van der Waals surface area contributed by atoms with Gasteiger partial charge in [-0.15, -0.1) is 5.10 Å². The van der Waals surface area contributed by atoms with E-state index in [1.54, 1.807) is 4.68 Å². The number of fused-ring (bicyclic) bond motifs is 1. The van der Waals surface area contributed by atoms with Crippen molar-refractivity contribution >= 4 is 35.1 Å². The van der Waals surface area contributed by atoms with Gasteiger partial charge < -0.3 is 5.32 Å². The molecule has 0 aliphatic carbocycles. The first-order valence-corrected chi connectivity index (χ1v) is 9.58. The molecular weight excluding hydrogens is 374 g/mol. The van der Waals surface area contributed by atoms with Crippen LogP contribution in [0.15, 0.2) is 60.7 Å². The van der Waals surface area contributed by atoms with Gasteiger partial charge in [0.2, 0.25) is 11.9 Å². The number of aromatic nitrogens is 3. The lowest BCUT2D eigenvalue weighted by Gasteiger charge is -2.24. The van der Waals surface area contributed by atoms with Crippen molar-refractivity contribution in [2.45, 2.75) is 25.8 Å². The van der Waals surface area contributed by atoms with E-state index < -0.39 is 0 Å². The minimum absolute atomic E-state index is 0.101. The Balaban J connectivity index is 1.76. The summed E-state index contributed by atoms with van der Waals surface area (Å²) in [5.74, 6) is 0.731. The van der Waals surface area contributed by atoms with Gasteiger partial charge in [0.15, 0.2) is 0 Å². The highest BCUT2D eigenvalue weighted by Crippen LogP contribution is 2.35. The molecule has 2 heterocycles. The molecule has 7 heteroatoms. The average molecular weight is 394 g/mol. The van der Waals surface area contributed by atoms with Crippen LogP contribution in [0.1, 0.15) is 36.9 Å². The number of benzene rings is 2. The van der Waals surface area contributed by atoms with Gasteiger partial charge in [-0.25, -0.2) is 4.68 Å². The summed E-state index contributed by atoms with van der Waals surface area (Å²) in [5.41, 5.74) is 2.86. The highest BCUT2D eigenvalue weighted by Gasteiger charge is 2.26. The number of hydrogen-bond donors (Lipinski definition) is 2. The van der Waals surface area contributed by atoms with Crippen LogP contribution in [0.2, 0.25) is 5.02 Å². The second-order valence-corrected chi connectivity index (χ2v) is 6.95. The van der Waals surface area contributed by atoms with E-state index in [9.17, 15) is 4.79 Å². The Labute approximate surface area is 168 Å². The Morgan fingerprint density at radius 1 is 1.18 bits per heavy atom. The third-order valence-electron chi connectivity index (χ3n) is 4.50. The van der Waals surface area contributed by atoms with Gasteiger partial charge in [-0.1, -0.05) is 67.1 Å². The fourth-order valence-corrected chi connectivity index (χ4v) is 3.43. The van der Waals surface area contributed by atoms with Gasteiger partial charge in [0.05, 0.1) is 0 Å². The van der Waals surface area contributed by atoms with Crippen LogP contribution < -0.4 is 10.6 Å². The van der Waals surface area contributed by atoms with E-state index in [1.807, 2.05) is 61.5 Å². The number of amides is 1. The summed E-state index contributed by atoms with van der Waals surface area (Å²) in [5, 5.41) is 11.2. The first-order chi connectivity index (χ1) is 13.7. The lowest BCUT2D eigenvalue weighted by atomic mass is 10.0. The van der Waals surface area contributed by atoms with E-state index in [-0.39, 0.29) is 17.9 Å². The highest BCUT2D eigenvalue weighted by atomic mass is 35.5. The normalized spacial score (nSPS) is 15.4. The third-order valence-corrected chi connectivity index (χ3v) is 4.85. The highest BCUT2D eigenvalue weighted by molar-refractivity contribution is 6.31. The van der Waals surface area contributed by atoms with Gasteiger partial charge in [0.25, 0.3) is 5.95 Å². The smallest absolute Gasteiger partial charge is 0.250 e. The number of hydrogen-bond acceptors (Lipinski definition) is 4. The zero-order valence-corrected chi connectivity index (χ0v) is 16.1. The Morgan fingerprint density at radius 2 is 1.93 bits per heavy atom. The number of anilines is 2. The summed E-state index contributed by atoms with van der Waals surface area (Å²) in [6.45, 7) is 1.95. The van der Waals surface area contributed by atoms with E-state index in [4.69, 9.17) is 11.6 Å². The molecular formula is C21H20ClN5O. The fraction of sp³-hybridized carbons (Fsp3) is 0.190. The molecule has 28 heavy (non-hydrogen) atoms. The maximum absolute atomic E-state index is 12.0. The molecule has 2 aromatic carbocycles. The molecule has 0 radical (unpaired) electrons. The Bertz CT molecular complexity index is 1030. The van der Waals surface area contributed by atoms with Crippen LogP contribution in [-0.4, -0.2) is 20.7 Å². The van der Waals surface area contributed by atoms with E-state index in [0.717, 1.165) is 23.2 Å². The van der Waals surface area contributed by atoms with Crippen molar-refractivity contribution < 1.29 is 4.79 Å². The van der Waals surface area contributed by atoms with E-state index in [1.165, 1.54) is 0 Å². The van der Waals surface area contributed by atoms with Crippen LogP contribution in [0, 0.1) is 0 Å². The van der Waals surface area contributed by atoms with E-state index in [0.29, 0.717) is 17.4 Å². The topological polar surface area (TPSA) is 71.8 Å². The molecule has 1 aromatic heterocycles. The Kier molecular flexibility index (Phi) is 5.12. The van der Waals surface area contributed by atoms with Crippen LogP contribution >= 0.6 is 11.6 Å². The van der Waals surface area contributed by atoms with Crippen molar-refractivity contribution in [1.82, 2.24) is 14.8 Å². The molecule has 0 saturated heterocycles. The molecule has 1 atom stereocenters. The zero-order chi connectivity index (χ0) is 19.5. The lowest BCUT2D eigenvalue weighted by Crippen LogP contribution is -2.20. The SMILES string of the molecule is CCCC(=O)Nc1nc2n(n1)C(c1ccccc1Cl)C=C(c1ccccc1)N2. The quantitative estimate of drug-likeness (QED) is 0.657. The molecule has 1 aliphatic rings. The lowest BCUT2D eigenvalue weighted by molar-refractivity contribution is -0.116. The molecule has 1 amide bonds. The molecule has 6 nitrogen and oxygen atoms in total. The number of carbonyl (C=O) groups excluding carboxylic acids is 1. The number of rotatable bonds is 5. The van der Waals surface area contributed by atoms with E-state index >= 15 is 0 Å². The summed E-state index contributed by atoms with van der Waals surface area (Å²) >= 11 is 6.47. The van der Waals surface area contributed by atoms with Crippen LogP contribution in [0.4, 0.5) is 11.9 Å². The van der Waals surface area contributed by atoms with Crippen LogP contribution in [-0.2, 0) is 4.79 Å². The van der Waals surface area contributed by atoms with Crippen molar-refractivity contribution in [2.24, 2.45) is 0 Å². The predicted octanol–water partition coefficient (Wildman–Crippen LogP) is 4.73. The summed E-state index contributed by atoms with van der Waals surface area (Å²) in [7, 11) is 0. The summed E-state index contributed by atoms with van der Waals surface area (Å²) in [6, 6.07) is 17.4. The number of nitrogens with zero attached hydrogens (tertiary/aromatic N) is 3. The maximum atomic E-state index is 12.0. The van der Waals surface area contributed by atoms with Gasteiger partial charge >= 0.3 is 0 Å². The maximum Gasteiger partial charge on any atom is 0.250 e. The van der Waals surface area contributed by atoms with Crippen molar-refractivity contribution in [3.63, 3.8) is 0 Å². The second-order valence-electron chi connectivity index (χ2n) is 6.54. The largest absolute Gasteiger partial charge is 0.324 e. The zero-order valence-electron chi connectivity index (χ0n) is 15.4. The molecule has 3 aromatic rings. The number of carbonyl (C=O) groups is 1. The van der Waals surface area contributed by atoms with Crippen molar-refractivity contribution in [1.29, 1.82) is 0 Å². The third kappa shape index (κ3) is 3.64. The summed E-state index contributed by atoms with van der Waals surface area (Å²) < 4.78 is 1.75. The summed E-state index contributed by atoms with van der Waals surface area (Å²) in [6.07, 6.45) is 3.26. The number of halogens is 1. The molecule has 2 N–H and O–H groups in total. The first kappa shape index (κ1) is 18.3. The minimum atomic E-state index is -0.246. The number of nitrogens with one attached hydrogen (secondary N) is 2. The van der Waals surface area contributed by atoms with Gasteiger partial charge in [-0.05, 0) is 29.7 Å². The Hall–Kier alpha value is -3.12. The van der Waals surface area contributed by atoms with Crippen molar-refractivity contribution in [3.05, 3.63) is 76.8 Å². The van der Waals surface area contributed by atoms with Gasteiger partial charge in [-0.3, -0.25) is 10.1 Å². The van der Waals surface area contributed by atoms with E-state index in [2.05, 4.69) is 26.8 Å². The van der Waals surface area contributed by atoms with Crippen LogP contribution in [0.25, 0.3) is 5.70 Å². The standard InChI is InChI=1S/C21H20ClN5O/c1-2-8-19(28)24-20-25-21-23-17(14-9-4-3-5-10-14)13-18(27(21)26-20)15-11-6-7-12-16(15)22/h3-7,9-13,18H,2,8H2,1H3,(H2,23,24,25,26,28). The van der Waals surface area contributed by atoms with Crippen LogP contribution in [0.5, 0.6) is 0 Å². The van der Waals surface area contributed by atoms with Gasteiger partial charge in [0, 0.05) is 17.1 Å². The molecule has 0 spiro atoms. The Morgan fingerprint density at radius 3 is 2.68 bits per heavy atom. The molecule has 0 fully saturated rings. The molecule has 0 bridgehead atoms. The van der Waals surface area contributed by atoms with Gasteiger partial charge in [0.1, 0.15) is 6.04 Å². The summed E-state index contributed by atoms with van der Waals surface area (Å²) in [4.78, 5) is 16.4. The van der Waals surface area contributed by atoms with Crippen molar-refractivity contribution in [3.8, 4) is 0 Å². The number of allylic oxidation sites excluding steroid dienone is 1. The fourth-order valence-electron chi connectivity index (χ4n) is 3.18. The van der Waals surface area contributed by atoms with Gasteiger partial charge in [-0.2, -0.15) is 4.98 Å². The first-order valence-electron chi connectivity index (χ1n) is 9.21. The minimum Gasteiger partial charge on any atom is -0.324 e. The molecule has 1 aliphatic heterocycles. The molecule has 4 rings (SSSR count). The molecule has 0 saturated carbocycles.